The molecule has 1 N–H and O–H groups in total. The molecule has 0 atom stereocenters. The molecule has 1 aromatic heterocycles. The summed E-state index contributed by atoms with van der Waals surface area (Å²) in [5.74, 6) is 1.67. The Morgan fingerprint density at radius 1 is 1.20 bits per heavy atom. The number of rotatable bonds is 5. The van der Waals surface area contributed by atoms with E-state index in [9.17, 15) is 0 Å². The zero-order chi connectivity index (χ0) is 10.5. The molecule has 1 saturated heterocycles. The number of aliphatic hydroxyl groups excluding tert-OH is 1. The molecule has 0 saturated carbocycles. The number of aliphatic hydroxyl groups is 1. The summed E-state index contributed by atoms with van der Waals surface area (Å²) in [6, 6.07) is 3.84. The van der Waals surface area contributed by atoms with Crippen LogP contribution in [0.2, 0.25) is 0 Å². The summed E-state index contributed by atoms with van der Waals surface area (Å²) in [7, 11) is 0. The van der Waals surface area contributed by atoms with Crippen LogP contribution in [0.1, 0.15) is 30.7 Å². The van der Waals surface area contributed by atoms with Crippen molar-refractivity contribution in [2.24, 2.45) is 0 Å². The van der Waals surface area contributed by atoms with E-state index >= 15 is 0 Å². The van der Waals surface area contributed by atoms with Crippen LogP contribution in [0.3, 0.4) is 0 Å². The van der Waals surface area contributed by atoms with E-state index in [1.165, 1.54) is 0 Å². The van der Waals surface area contributed by atoms with Crippen LogP contribution in [0.15, 0.2) is 16.5 Å². The van der Waals surface area contributed by atoms with Gasteiger partial charge >= 0.3 is 0 Å². The average molecular weight is 212 g/mol. The SMILES string of the molecule is OCCCCc1ccc(C2OCCO2)o1. The molecule has 84 valence electrons. The van der Waals surface area contributed by atoms with Gasteiger partial charge in [-0.2, -0.15) is 0 Å². The van der Waals surface area contributed by atoms with Crippen LogP contribution in [-0.2, 0) is 15.9 Å². The molecule has 1 aromatic rings. The molecule has 0 aliphatic carbocycles. The number of aryl methyl sites for hydroxylation is 1. The van der Waals surface area contributed by atoms with E-state index in [0.29, 0.717) is 13.2 Å². The van der Waals surface area contributed by atoms with E-state index in [-0.39, 0.29) is 12.9 Å². The van der Waals surface area contributed by atoms with Crippen LogP contribution in [0, 0.1) is 0 Å². The van der Waals surface area contributed by atoms with Crippen molar-refractivity contribution in [3.63, 3.8) is 0 Å². The molecule has 1 aliphatic heterocycles. The van der Waals surface area contributed by atoms with Crippen LogP contribution in [0.25, 0.3) is 0 Å². The molecule has 15 heavy (non-hydrogen) atoms. The second-order valence-corrected chi connectivity index (χ2v) is 3.56. The van der Waals surface area contributed by atoms with Gasteiger partial charge in [0.25, 0.3) is 0 Å². The Kier molecular flexibility index (Phi) is 3.77. The third-order valence-corrected chi connectivity index (χ3v) is 2.37. The maximum Gasteiger partial charge on any atom is 0.217 e. The molecule has 0 unspecified atom stereocenters. The van der Waals surface area contributed by atoms with Crippen molar-refractivity contribution in [1.29, 1.82) is 0 Å². The first-order valence-corrected chi connectivity index (χ1v) is 5.33. The van der Waals surface area contributed by atoms with Gasteiger partial charge in [-0.3, -0.25) is 0 Å². The lowest BCUT2D eigenvalue weighted by atomic mass is 10.2. The smallest absolute Gasteiger partial charge is 0.217 e. The highest BCUT2D eigenvalue weighted by Gasteiger charge is 2.21. The number of hydrogen-bond donors (Lipinski definition) is 1. The van der Waals surface area contributed by atoms with Crippen LogP contribution in [0.5, 0.6) is 0 Å². The summed E-state index contributed by atoms with van der Waals surface area (Å²) in [5.41, 5.74) is 0. The minimum absolute atomic E-state index is 0.239. The monoisotopic (exact) mass is 212 g/mol. The first-order chi connectivity index (χ1) is 7.40. The highest BCUT2D eigenvalue weighted by Crippen LogP contribution is 2.25. The van der Waals surface area contributed by atoms with Crippen LogP contribution < -0.4 is 0 Å². The maximum atomic E-state index is 8.65. The van der Waals surface area contributed by atoms with Crippen molar-refractivity contribution in [2.75, 3.05) is 19.8 Å². The zero-order valence-electron chi connectivity index (χ0n) is 8.65. The van der Waals surface area contributed by atoms with Crippen molar-refractivity contribution >= 4 is 0 Å². The molecule has 0 bridgehead atoms. The predicted molar refractivity (Wildman–Crippen MR) is 53.4 cm³/mol. The molecule has 2 rings (SSSR count). The van der Waals surface area contributed by atoms with Gasteiger partial charge in [0.1, 0.15) is 5.76 Å². The number of ether oxygens (including phenoxy) is 2. The zero-order valence-corrected chi connectivity index (χ0v) is 8.65. The van der Waals surface area contributed by atoms with Gasteiger partial charge < -0.3 is 19.0 Å². The first-order valence-electron chi connectivity index (χ1n) is 5.33. The second kappa shape index (κ2) is 5.30. The van der Waals surface area contributed by atoms with Crippen molar-refractivity contribution in [1.82, 2.24) is 0 Å². The molecule has 0 spiro atoms. The Labute approximate surface area is 88.8 Å². The summed E-state index contributed by atoms with van der Waals surface area (Å²) < 4.78 is 16.2. The fourth-order valence-electron chi connectivity index (χ4n) is 1.59. The van der Waals surface area contributed by atoms with Crippen LogP contribution in [0.4, 0.5) is 0 Å². The quantitative estimate of drug-likeness (QED) is 0.754. The minimum Gasteiger partial charge on any atom is -0.461 e. The molecule has 4 heteroatoms. The largest absolute Gasteiger partial charge is 0.461 e. The van der Waals surface area contributed by atoms with Crippen molar-refractivity contribution in [3.05, 3.63) is 23.7 Å². The fourth-order valence-corrected chi connectivity index (χ4v) is 1.59. The molecule has 4 nitrogen and oxygen atoms in total. The lowest BCUT2D eigenvalue weighted by Crippen LogP contribution is -1.95. The van der Waals surface area contributed by atoms with Gasteiger partial charge in [0, 0.05) is 13.0 Å². The highest BCUT2D eigenvalue weighted by atomic mass is 16.7. The molecule has 1 aliphatic rings. The van der Waals surface area contributed by atoms with Gasteiger partial charge in [0.2, 0.25) is 6.29 Å². The molecule has 0 amide bonds. The predicted octanol–water partition coefficient (Wildman–Crippen LogP) is 1.64. The summed E-state index contributed by atoms with van der Waals surface area (Å²) in [6.45, 7) is 1.50. The Balaban J connectivity index is 1.86. The van der Waals surface area contributed by atoms with E-state index in [1.807, 2.05) is 12.1 Å². The molecule has 0 radical (unpaired) electrons. The summed E-state index contributed by atoms with van der Waals surface area (Å²) in [5, 5.41) is 8.65. The molecular formula is C11H16O4. The molecule has 2 heterocycles. The molecule has 0 aromatic carbocycles. The summed E-state index contributed by atoms with van der Waals surface area (Å²) >= 11 is 0. The summed E-state index contributed by atoms with van der Waals surface area (Å²) in [6.07, 6.45) is 2.28. The number of furan rings is 1. The van der Waals surface area contributed by atoms with Gasteiger partial charge in [0.05, 0.1) is 13.2 Å². The van der Waals surface area contributed by atoms with Gasteiger partial charge in [-0.05, 0) is 25.0 Å². The Morgan fingerprint density at radius 3 is 2.73 bits per heavy atom. The third-order valence-electron chi connectivity index (χ3n) is 2.37. The van der Waals surface area contributed by atoms with Crippen molar-refractivity contribution in [3.8, 4) is 0 Å². The Hall–Kier alpha value is -0.840. The molecular weight excluding hydrogens is 196 g/mol. The standard InChI is InChI=1S/C11H16O4/c12-6-2-1-3-9-4-5-10(15-9)11-13-7-8-14-11/h4-5,11-12H,1-3,6-8H2. The topological polar surface area (TPSA) is 51.8 Å². The molecule has 1 fully saturated rings. The average Bonchev–Trinajstić information content (AvgIpc) is 2.87. The fraction of sp³-hybridized carbons (Fsp3) is 0.636. The highest BCUT2D eigenvalue weighted by molar-refractivity contribution is 5.08. The van der Waals surface area contributed by atoms with E-state index in [2.05, 4.69) is 0 Å². The van der Waals surface area contributed by atoms with Gasteiger partial charge in [0.15, 0.2) is 5.76 Å². The van der Waals surface area contributed by atoms with Gasteiger partial charge in [-0.25, -0.2) is 0 Å². The minimum atomic E-state index is -0.323. The Morgan fingerprint density at radius 2 is 2.00 bits per heavy atom. The van der Waals surface area contributed by atoms with E-state index in [1.54, 1.807) is 0 Å². The Bertz CT molecular complexity index is 289. The van der Waals surface area contributed by atoms with E-state index < -0.39 is 0 Å². The van der Waals surface area contributed by atoms with Crippen molar-refractivity contribution < 1.29 is 19.0 Å². The second-order valence-electron chi connectivity index (χ2n) is 3.56. The number of unbranched alkanes of at least 4 members (excludes halogenated alkanes) is 1. The van der Waals surface area contributed by atoms with Crippen LogP contribution >= 0.6 is 0 Å². The lowest BCUT2D eigenvalue weighted by molar-refractivity contribution is -0.0594. The van der Waals surface area contributed by atoms with Gasteiger partial charge in [-0.15, -0.1) is 0 Å². The van der Waals surface area contributed by atoms with E-state index in [0.717, 1.165) is 30.8 Å². The van der Waals surface area contributed by atoms with E-state index in [4.69, 9.17) is 19.0 Å². The third kappa shape index (κ3) is 2.81. The lowest BCUT2D eigenvalue weighted by Gasteiger charge is -2.04. The first kappa shape index (κ1) is 10.7. The van der Waals surface area contributed by atoms with Gasteiger partial charge in [-0.1, -0.05) is 0 Å². The van der Waals surface area contributed by atoms with Crippen LogP contribution in [-0.4, -0.2) is 24.9 Å². The van der Waals surface area contributed by atoms with Crippen molar-refractivity contribution in [2.45, 2.75) is 25.6 Å². The maximum absolute atomic E-state index is 8.65. The normalized spacial score (nSPS) is 17.4. The summed E-state index contributed by atoms with van der Waals surface area (Å²) in [4.78, 5) is 0. The number of hydrogen-bond acceptors (Lipinski definition) is 4.